The van der Waals surface area contributed by atoms with E-state index in [-0.39, 0.29) is 12.5 Å². The van der Waals surface area contributed by atoms with Crippen LogP contribution in [-0.4, -0.2) is 24.3 Å². The summed E-state index contributed by atoms with van der Waals surface area (Å²) in [6.07, 6.45) is 0.982. The number of carbonyl (C=O) groups is 1. The summed E-state index contributed by atoms with van der Waals surface area (Å²) < 4.78 is 5.69. The van der Waals surface area contributed by atoms with E-state index in [1.165, 1.54) is 4.90 Å². The number of fused-ring (bicyclic) bond motifs is 1. The molecule has 3 rings (SSSR count). The van der Waals surface area contributed by atoms with Crippen LogP contribution in [0.1, 0.15) is 18.9 Å². The van der Waals surface area contributed by atoms with Crippen molar-refractivity contribution in [1.29, 1.82) is 0 Å². The van der Waals surface area contributed by atoms with Crippen molar-refractivity contribution >= 4 is 23.4 Å². The van der Waals surface area contributed by atoms with E-state index in [1.54, 1.807) is 0 Å². The average Bonchev–Trinajstić information content (AvgIpc) is 2.71. The minimum atomic E-state index is 0.00801. The third kappa shape index (κ3) is 3.88. The maximum Gasteiger partial charge on any atom is 0.264 e. The topological polar surface area (TPSA) is 29.5 Å². The van der Waals surface area contributed by atoms with Gasteiger partial charge in [-0.25, -0.2) is 0 Å². The summed E-state index contributed by atoms with van der Waals surface area (Å²) in [5.74, 6) is 0.748. The van der Waals surface area contributed by atoms with Gasteiger partial charge in [0.15, 0.2) is 6.61 Å². The number of hydrogen-bond acceptors (Lipinski definition) is 3. The fourth-order valence-corrected chi connectivity index (χ4v) is 3.79. The second-order valence-electron chi connectivity index (χ2n) is 5.84. The van der Waals surface area contributed by atoms with Crippen molar-refractivity contribution in [2.45, 2.75) is 30.4 Å². The SMILES string of the molecule is Cc1cccc(OCC(=O)N2CCC(C)Sc3ccccc32)c1. The number of nitrogens with zero attached hydrogens (tertiary/aromatic N) is 1. The third-order valence-corrected chi connectivity index (χ3v) is 5.13. The number of thioether (sulfide) groups is 1. The Morgan fingerprint density at radius 3 is 2.91 bits per heavy atom. The normalized spacial score (nSPS) is 17.3. The lowest BCUT2D eigenvalue weighted by atomic mass is 10.2. The minimum Gasteiger partial charge on any atom is -0.484 e. The van der Waals surface area contributed by atoms with Gasteiger partial charge in [0.1, 0.15) is 5.75 Å². The lowest BCUT2D eigenvalue weighted by Gasteiger charge is -2.22. The number of amides is 1. The highest BCUT2D eigenvalue weighted by Crippen LogP contribution is 2.37. The Morgan fingerprint density at radius 1 is 1.26 bits per heavy atom. The van der Waals surface area contributed by atoms with Crippen LogP contribution in [0.3, 0.4) is 0 Å². The van der Waals surface area contributed by atoms with Gasteiger partial charge in [0, 0.05) is 16.7 Å². The van der Waals surface area contributed by atoms with Gasteiger partial charge in [-0.1, -0.05) is 31.2 Å². The van der Waals surface area contributed by atoms with Crippen molar-refractivity contribution in [3.8, 4) is 5.75 Å². The van der Waals surface area contributed by atoms with Crippen molar-refractivity contribution in [3.05, 3.63) is 54.1 Å². The van der Waals surface area contributed by atoms with Crippen LogP contribution >= 0.6 is 11.8 Å². The summed E-state index contributed by atoms with van der Waals surface area (Å²) in [6.45, 7) is 5.02. The Hall–Kier alpha value is -1.94. The lowest BCUT2D eigenvalue weighted by Crippen LogP contribution is -2.36. The predicted molar refractivity (Wildman–Crippen MR) is 95.4 cm³/mol. The summed E-state index contributed by atoms with van der Waals surface area (Å²) in [5, 5.41) is 0.506. The van der Waals surface area contributed by atoms with E-state index >= 15 is 0 Å². The van der Waals surface area contributed by atoms with Crippen LogP contribution < -0.4 is 9.64 Å². The van der Waals surface area contributed by atoms with E-state index in [4.69, 9.17) is 4.74 Å². The molecule has 3 nitrogen and oxygen atoms in total. The largest absolute Gasteiger partial charge is 0.484 e. The molecule has 0 fully saturated rings. The summed E-state index contributed by atoms with van der Waals surface area (Å²) in [4.78, 5) is 15.7. The number of rotatable bonds is 3. The van der Waals surface area contributed by atoms with E-state index in [1.807, 2.05) is 66.1 Å². The molecule has 23 heavy (non-hydrogen) atoms. The summed E-state index contributed by atoms with van der Waals surface area (Å²) in [7, 11) is 0. The van der Waals surface area contributed by atoms with E-state index < -0.39 is 0 Å². The molecule has 1 amide bonds. The van der Waals surface area contributed by atoms with Crippen molar-refractivity contribution in [3.63, 3.8) is 0 Å². The summed E-state index contributed by atoms with van der Waals surface area (Å²) in [5.41, 5.74) is 2.12. The maximum absolute atomic E-state index is 12.7. The number of benzene rings is 2. The molecule has 0 aliphatic carbocycles. The van der Waals surface area contributed by atoms with Gasteiger partial charge in [-0.05, 0) is 43.2 Å². The molecule has 2 aromatic carbocycles. The molecule has 0 radical (unpaired) electrons. The van der Waals surface area contributed by atoms with Crippen molar-refractivity contribution in [2.24, 2.45) is 0 Å². The van der Waals surface area contributed by atoms with Gasteiger partial charge >= 0.3 is 0 Å². The second kappa shape index (κ2) is 7.09. The van der Waals surface area contributed by atoms with Crippen LogP contribution in [0.2, 0.25) is 0 Å². The maximum atomic E-state index is 12.7. The predicted octanol–water partition coefficient (Wildman–Crippen LogP) is 4.29. The van der Waals surface area contributed by atoms with E-state index in [2.05, 4.69) is 13.0 Å². The van der Waals surface area contributed by atoms with Crippen LogP contribution in [0.5, 0.6) is 5.75 Å². The lowest BCUT2D eigenvalue weighted by molar-refractivity contribution is -0.120. The van der Waals surface area contributed by atoms with Crippen LogP contribution in [-0.2, 0) is 4.79 Å². The Labute approximate surface area is 141 Å². The fraction of sp³-hybridized carbons (Fsp3) is 0.316. The number of aryl methyl sites for hydroxylation is 1. The third-order valence-electron chi connectivity index (χ3n) is 3.90. The molecule has 2 aromatic rings. The molecule has 4 heteroatoms. The molecule has 1 unspecified atom stereocenters. The van der Waals surface area contributed by atoms with Gasteiger partial charge in [0.05, 0.1) is 5.69 Å². The molecule has 0 N–H and O–H groups in total. The zero-order valence-corrected chi connectivity index (χ0v) is 14.3. The Balaban J connectivity index is 1.74. The number of carbonyl (C=O) groups excluding carboxylic acids is 1. The van der Waals surface area contributed by atoms with Crippen LogP contribution in [0, 0.1) is 6.92 Å². The molecular formula is C19H21NO2S. The minimum absolute atomic E-state index is 0.00801. The first kappa shape index (κ1) is 15.9. The van der Waals surface area contributed by atoms with Gasteiger partial charge in [0.25, 0.3) is 5.91 Å². The van der Waals surface area contributed by atoms with Gasteiger partial charge in [-0.3, -0.25) is 4.79 Å². The molecule has 120 valence electrons. The number of hydrogen-bond donors (Lipinski definition) is 0. The zero-order valence-electron chi connectivity index (χ0n) is 13.5. The van der Waals surface area contributed by atoms with Crippen LogP contribution in [0.4, 0.5) is 5.69 Å². The zero-order chi connectivity index (χ0) is 16.2. The van der Waals surface area contributed by atoms with E-state index in [0.29, 0.717) is 5.25 Å². The van der Waals surface area contributed by atoms with E-state index in [9.17, 15) is 4.79 Å². The van der Waals surface area contributed by atoms with Gasteiger partial charge in [-0.15, -0.1) is 11.8 Å². The number of ether oxygens (including phenoxy) is 1. The molecule has 0 bridgehead atoms. The van der Waals surface area contributed by atoms with Gasteiger partial charge in [-0.2, -0.15) is 0 Å². The molecule has 1 atom stereocenters. The molecule has 1 aliphatic rings. The summed E-state index contributed by atoms with van der Waals surface area (Å²) >= 11 is 1.84. The highest BCUT2D eigenvalue weighted by Gasteiger charge is 2.24. The Kier molecular flexibility index (Phi) is 4.91. The van der Waals surface area contributed by atoms with Crippen molar-refractivity contribution < 1.29 is 9.53 Å². The molecule has 0 spiro atoms. The Bertz CT molecular complexity index is 701. The van der Waals surface area contributed by atoms with Crippen LogP contribution in [0.15, 0.2) is 53.4 Å². The van der Waals surface area contributed by atoms with Gasteiger partial charge in [0.2, 0.25) is 0 Å². The van der Waals surface area contributed by atoms with Gasteiger partial charge < -0.3 is 9.64 Å². The fourth-order valence-electron chi connectivity index (χ4n) is 2.67. The molecule has 0 saturated heterocycles. The quantitative estimate of drug-likeness (QED) is 0.842. The molecule has 1 heterocycles. The average molecular weight is 327 g/mol. The first-order valence-electron chi connectivity index (χ1n) is 7.89. The standard InChI is InChI=1S/C19H21NO2S/c1-14-6-5-7-16(12-14)22-13-19(21)20-11-10-15(2)23-18-9-4-3-8-17(18)20/h3-9,12,15H,10-11,13H2,1-2H3. The smallest absolute Gasteiger partial charge is 0.264 e. The highest BCUT2D eigenvalue weighted by atomic mass is 32.2. The summed E-state index contributed by atoms with van der Waals surface area (Å²) in [6, 6.07) is 15.9. The molecular weight excluding hydrogens is 306 g/mol. The monoisotopic (exact) mass is 327 g/mol. The van der Waals surface area contributed by atoms with Crippen molar-refractivity contribution in [2.75, 3.05) is 18.1 Å². The van der Waals surface area contributed by atoms with E-state index in [0.717, 1.165) is 30.0 Å². The molecule has 0 saturated carbocycles. The first-order chi connectivity index (χ1) is 11.1. The molecule has 1 aliphatic heterocycles. The number of para-hydroxylation sites is 1. The molecule has 0 aromatic heterocycles. The van der Waals surface area contributed by atoms with Crippen LogP contribution in [0.25, 0.3) is 0 Å². The Morgan fingerprint density at radius 2 is 2.09 bits per heavy atom. The first-order valence-corrected chi connectivity index (χ1v) is 8.77. The highest BCUT2D eigenvalue weighted by molar-refractivity contribution is 8.00. The second-order valence-corrected chi connectivity index (χ2v) is 7.32. The number of anilines is 1. The van der Waals surface area contributed by atoms with Crippen molar-refractivity contribution in [1.82, 2.24) is 0 Å².